The van der Waals surface area contributed by atoms with Crippen LogP contribution in [0.15, 0.2) is 23.2 Å². The van der Waals surface area contributed by atoms with Crippen LogP contribution in [0, 0.1) is 13.8 Å². The third kappa shape index (κ3) is 3.87. The summed E-state index contributed by atoms with van der Waals surface area (Å²) in [5.74, 6) is 1.99. The Hall–Kier alpha value is -1.22. The van der Waals surface area contributed by atoms with E-state index in [1.807, 2.05) is 12.1 Å². The lowest BCUT2D eigenvalue weighted by Gasteiger charge is -2.20. The summed E-state index contributed by atoms with van der Waals surface area (Å²) >= 11 is 0. The Morgan fingerprint density at radius 3 is 2.79 bits per heavy atom. The van der Waals surface area contributed by atoms with Crippen LogP contribution >= 0.6 is 12.4 Å². The van der Waals surface area contributed by atoms with Crippen molar-refractivity contribution in [3.05, 3.63) is 29.3 Å². The number of nitrogens with zero attached hydrogens (tertiary/aromatic N) is 1. The lowest BCUT2D eigenvalue weighted by molar-refractivity contribution is 0.250. The summed E-state index contributed by atoms with van der Waals surface area (Å²) in [6, 6.07) is 6.20. The van der Waals surface area contributed by atoms with Crippen LogP contribution in [-0.4, -0.2) is 25.0 Å². The van der Waals surface area contributed by atoms with Gasteiger partial charge in [0.1, 0.15) is 11.6 Å². The van der Waals surface area contributed by atoms with Crippen LogP contribution in [0.3, 0.4) is 0 Å². The van der Waals surface area contributed by atoms with Crippen molar-refractivity contribution in [2.75, 3.05) is 13.1 Å². The summed E-state index contributed by atoms with van der Waals surface area (Å²) in [4.78, 5) is 4.48. The Kier molecular flexibility index (Phi) is 6.16. The fraction of sp³-hybridized carbons (Fsp3) is 0.533. The molecule has 2 rings (SSSR count). The highest BCUT2D eigenvalue weighted by Crippen LogP contribution is 2.23. The molecule has 0 radical (unpaired) electrons. The molecule has 0 aliphatic carbocycles. The molecule has 106 valence electrons. The topological polar surface area (TPSA) is 33.6 Å². The molecule has 3 nitrogen and oxygen atoms in total. The van der Waals surface area contributed by atoms with Crippen molar-refractivity contribution in [2.45, 2.75) is 39.7 Å². The largest absolute Gasteiger partial charge is 0.482 e. The molecule has 1 N–H and O–H groups in total. The van der Waals surface area contributed by atoms with Gasteiger partial charge in [-0.15, -0.1) is 12.4 Å². The molecule has 0 fully saturated rings. The number of rotatable bonds is 5. The maximum absolute atomic E-state index is 6.16. The van der Waals surface area contributed by atoms with E-state index < -0.39 is 0 Å². The van der Waals surface area contributed by atoms with Gasteiger partial charge in [-0.3, -0.25) is 4.99 Å². The van der Waals surface area contributed by atoms with Gasteiger partial charge in [-0.05, 0) is 37.5 Å². The minimum absolute atomic E-state index is 0. The molecule has 1 atom stereocenters. The lowest BCUT2D eigenvalue weighted by atomic mass is 10.1. The van der Waals surface area contributed by atoms with Crippen LogP contribution in [0.4, 0.5) is 0 Å². The van der Waals surface area contributed by atoms with Crippen LogP contribution < -0.4 is 10.1 Å². The van der Waals surface area contributed by atoms with Crippen LogP contribution in [0.25, 0.3) is 0 Å². The zero-order valence-electron chi connectivity index (χ0n) is 11.9. The molecule has 1 aromatic carbocycles. The summed E-state index contributed by atoms with van der Waals surface area (Å²) < 4.78 is 6.16. The van der Waals surface area contributed by atoms with Gasteiger partial charge in [0.25, 0.3) is 0 Å². The predicted octanol–water partition coefficient (Wildman–Crippen LogP) is 3.27. The highest BCUT2D eigenvalue weighted by Gasteiger charge is 2.20. The molecule has 0 aromatic heterocycles. The number of ether oxygens (including phenoxy) is 1. The van der Waals surface area contributed by atoms with Crippen molar-refractivity contribution in [3.63, 3.8) is 0 Å². The van der Waals surface area contributed by atoms with Gasteiger partial charge in [0.2, 0.25) is 0 Å². The first kappa shape index (κ1) is 15.8. The third-order valence-electron chi connectivity index (χ3n) is 3.38. The number of aliphatic imine (C=N–C) groups is 1. The summed E-state index contributed by atoms with van der Waals surface area (Å²) in [5, 5.41) is 3.32. The Bertz CT molecular complexity index is 446. The van der Waals surface area contributed by atoms with E-state index in [-0.39, 0.29) is 18.5 Å². The van der Waals surface area contributed by atoms with Crippen molar-refractivity contribution in [1.82, 2.24) is 5.32 Å². The monoisotopic (exact) mass is 282 g/mol. The van der Waals surface area contributed by atoms with Gasteiger partial charge in [-0.2, -0.15) is 0 Å². The molecule has 4 heteroatoms. The number of benzene rings is 1. The summed E-state index contributed by atoms with van der Waals surface area (Å²) in [5.41, 5.74) is 2.49. The van der Waals surface area contributed by atoms with Crippen LogP contribution in [0.2, 0.25) is 0 Å². The van der Waals surface area contributed by atoms with E-state index in [0.717, 1.165) is 37.5 Å². The van der Waals surface area contributed by atoms with Gasteiger partial charge in [-0.25, -0.2) is 0 Å². The Labute approximate surface area is 121 Å². The van der Waals surface area contributed by atoms with Crippen LogP contribution in [0.1, 0.15) is 30.9 Å². The smallest absolute Gasteiger partial charge is 0.155 e. The van der Waals surface area contributed by atoms with Gasteiger partial charge >= 0.3 is 0 Å². The lowest BCUT2D eigenvalue weighted by Crippen LogP contribution is -2.35. The minimum atomic E-state index is 0. The summed E-state index contributed by atoms with van der Waals surface area (Å²) in [6.45, 7) is 8.20. The van der Waals surface area contributed by atoms with Gasteiger partial charge < -0.3 is 10.1 Å². The van der Waals surface area contributed by atoms with E-state index in [1.165, 1.54) is 11.1 Å². The van der Waals surface area contributed by atoms with Gasteiger partial charge in [0.05, 0.1) is 6.54 Å². The second-order valence-electron chi connectivity index (χ2n) is 4.79. The van der Waals surface area contributed by atoms with Gasteiger partial charge in [-0.1, -0.05) is 25.5 Å². The maximum Gasteiger partial charge on any atom is 0.155 e. The number of hydrogen-bond donors (Lipinski definition) is 1. The summed E-state index contributed by atoms with van der Waals surface area (Å²) in [6.07, 6.45) is 2.16. The van der Waals surface area contributed by atoms with Crippen molar-refractivity contribution >= 4 is 18.2 Å². The standard InChI is InChI=1S/C15H22N2O.ClH/c1-4-6-14(15-16-9-10-17-15)18-13-8-5-7-11(2)12(13)3;/h5,7-8,14H,4,6,9-10H2,1-3H3,(H,16,17);1H. The fourth-order valence-electron chi connectivity index (χ4n) is 2.15. The van der Waals surface area contributed by atoms with Crippen molar-refractivity contribution in [1.29, 1.82) is 0 Å². The van der Waals surface area contributed by atoms with E-state index in [1.54, 1.807) is 0 Å². The van der Waals surface area contributed by atoms with E-state index in [9.17, 15) is 0 Å². The predicted molar refractivity (Wildman–Crippen MR) is 82.8 cm³/mol. The minimum Gasteiger partial charge on any atom is -0.482 e. The highest BCUT2D eigenvalue weighted by molar-refractivity contribution is 5.88. The molecule has 0 saturated heterocycles. The van der Waals surface area contributed by atoms with Crippen molar-refractivity contribution in [3.8, 4) is 5.75 Å². The van der Waals surface area contributed by atoms with Crippen LogP contribution in [0.5, 0.6) is 5.75 Å². The third-order valence-corrected chi connectivity index (χ3v) is 3.38. The molecule has 1 aliphatic rings. The number of amidine groups is 1. The Morgan fingerprint density at radius 1 is 1.37 bits per heavy atom. The van der Waals surface area contributed by atoms with Gasteiger partial charge in [0, 0.05) is 6.54 Å². The molecule has 1 aromatic rings. The van der Waals surface area contributed by atoms with E-state index in [4.69, 9.17) is 4.74 Å². The molecule has 1 unspecified atom stereocenters. The molecule has 0 saturated carbocycles. The second-order valence-corrected chi connectivity index (χ2v) is 4.79. The highest BCUT2D eigenvalue weighted by atomic mass is 35.5. The Morgan fingerprint density at radius 2 is 2.16 bits per heavy atom. The molecule has 0 spiro atoms. The zero-order valence-corrected chi connectivity index (χ0v) is 12.7. The first-order valence-electron chi connectivity index (χ1n) is 6.73. The normalized spacial score (nSPS) is 15.2. The Balaban J connectivity index is 0.00000180. The maximum atomic E-state index is 6.16. The van der Waals surface area contributed by atoms with Crippen molar-refractivity contribution in [2.24, 2.45) is 4.99 Å². The number of hydrogen-bond acceptors (Lipinski definition) is 3. The van der Waals surface area contributed by atoms with E-state index >= 15 is 0 Å². The number of halogens is 1. The average molecular weight is 283 g/mol. The molecular weight excluding hydrogens is 260 g/mol. The number of aryl methyl sites for hydroxylation is 1. The first-order valence-corrected chi connectivity index (χ1v) is 6.73. The van der Waals surface area contributed by atoms with Crippen molar-refractivity contribution < 1.29 is 4.74 Å². The van der Waals surface area contributed by atoms with Gasteiger partial charge in [0.15, 0.2) is 6.10 Å². The molecule has 1 heterocycles. The quantitative estimate of drug-likeness (QED) is 0.899. The first-order chi connectivity index (χ1) is 8.72. The molecule has 1 aliphatic heterocycles. The number of nitrogens with one attached hydrogen (secondary N) is 1. The second kappa shape index (κ2) is 7.39. The van der Waals surface area contributed by atoms with E-state index in [2.05, 4.69) is 37.1 Å². The molecular formula is C15H23ClN2O. The fourth-order valence-corrected chi connectivity index (χ4v) is 2.15. The van der Waals surface area contributed by atoms with Crippen LogP contribution in [-0.2, 0) is 0 Å². The SMILES string of the molecule is CCCC(Oc1cccc(C)c1C)C1=NCCN1.Cl. The van der Waals surface area contributed by atoms with E-state index in [0.29, 0.717) is 0 Å². The average Bonchev–Trinajstić information content (AvgIpc) is 2.88. The molecule has 19 heavy (non-hydrogen) atoms. The zero-order chi connectivity index (χ0) is 13.0. The molecule has 0 amide bonds. The summed E-state index contributed by atoms with van der Waals surface area (Å²) in [7, 11) is 0. The molecule has 0 bridgehead atoms.